The SMILES string of the molecule is CC(C)(C)c1nc(C(N)c2cc(Br)c3c(c2)OCO3)no1. The van der Waals surface area contributed by atoms with Gasteiger partial charge in [-0.15, -0.1) is 0 Å². The Morgan fingerprint density at radius 1 is 1.29 bits per heavy atom. The highest BCUT2D eigenvalue weighted by molar-refractivity contribution is 9.10. The highest BCUT2D eigenvalue weighted by Gasteiger charge is 2.26. The number of fused-ring (bicyclic) bond motifs is 1. The molecule has 0 amide bonds. The van der Waals surface area contributed by atoms with E-state index in [9.17, 15) is 0 Å². The quantitative estimate of drug-likeness (QED) is 0.893. The summed E-state index contributed by atoms with van der Waals surface area (Å²) in [6.07, 6.45) is 0. The topological polar surface area (TPSA) is 83.4 Å². The van der Waals surface area contributed by atoms with Crippen molar-refractivity contribution in [2.24, 2.45) is 5.73 Å². The summed E-state index contributed by atoms with van der Waals surface area (Å²) in [5.74, 6) is 2.36. The molecule has 1 aromatic carbocycles. The van der Waals surface area contributed by atoms with E-state index >= 15 is 0 Å². The van der Waals surface area contributed by atoms with Crippen LogP contribution in [0.5, 0.6) is 11.5 Å². The Morgan fingerprint density at radius 3 is 2.71 bits per heavy atom. The van der Waals surface area contributed by atoms with Crippen molar-refractivity contribution in [2.75, 3.05) is 6.79 Å². The van der Waals surface area contributed by atoms with Gasteiger partial charge in [-0.3, -0.25) is 0 Å². The van der Waals surface area contributed by atoms with Gasteiger partial charge in [0.15, 0.2) is 17.3 Å². The molecule has 0 radical (unpaired) electrons. The fraction of sp³-hybridized carbons (Fsp3) is 0.429. The number of hydrogen-bond donors (Lipinski definition) is 1. The second-order valence-electron chi connectivity index (χ2n) is 5.92. The van der Waals surface area contributed by atoms with E-state index in [-0.39, 0.29) is 12.2 Å². The molecular formula is C14H16BrN3O3. The van der Waals surface area contributed by atoms with Gasteiger partial charge in [0.1, 0.15) is 0 Å². The predicted octanol–water partition coefficient (Wildman–Crippen LogP) is 2.91. The lowest BCUT2D eigenvalue weighted by atomic mass is 9.97. The molecule has 21 heavy (non-hydrogen) atoms. The van der Waals surface area contributed by atoms with Gasteiger partial charge in [-0.1, -0.05) is 25.9 Å². The maximum absolute atomic E-state index is 6.23. The molecule has 1 aliphatic rings. The fourth-order valence-electron chi connectivity index (χ4n) is 1.98. The van der Waals surface area contributed by atoms with Crippen LogP contribution in [0, 0.1) is 0 Å². The molecule has 0 saturated heterocycles. The Kier molecular flexibility index (Phi) is 3.41. The molecule has 6 nitrogen and oxygen atoms in total. The van der Waals surface area contributed by atoms with Crippen LogP contribution in [-0.4, -0.2) is 16.9 Å². The number of ether oxygens (including phenoxy) is 2. The minimum absolute atomic E-state index is 0.208. The predicted molar refractivity (Wildman–Crippen MR) is 79.3 cm³/mol. The zero-order chi connectivity index (χ0) is 15.2. The molecule has 2 N–H and O–H groups in total. The Labute approximate surface area is 130 Å². The zero-order valence-electron chi connectivity index (χ0n) is 12.0. The van der Waals surface area contributed by atoms with E-state index in [1.165, 1.54) is 0 Å². The fourth-order valence-corrected chi connectivity index (χ4v) is 2.56. The summed E-state index contributed by atoms with van der Waals surface area (Å²) in [4.78, 5) is 4.39. The molecule has 7 heteroatoms. The van der Waals surface area contributed by atoms with Gasteiger partial charge in [-0.25, -0.2) is 0 Å². The second kappa shape index (κ2) is 4.99. The molecule has 0 aliphatic carbocycles. The highest BCUT2D eigenvalue weighted by Crippen LogP contribution is 2.41. The van der Waals surface area contributed by atoms with Crippen LogP contribution in [0.15, 0.2) is 21.1 Å². The first kappa shape index (κ1) is 14.3. The first-order valence-electron chi connectivity index (χ1n) is 6.55. The largest absolute Gasteiger partial charge is 0.454 e. The van der Waals surface area contributed by atoms with Crippen LogP contribution in [-0.2, 0) is 5.41 Å². The van der Waals surface area contributed by atoms with Crippen LogP contribution in [0.3, 0.4) is 0 Å². The lowest BCUT2D eigenvalue weighted by molar-refractivity contribution is 0.173. The Hall–Kier alpha value is -1.60. The normalized spacial score (nSPS) is 15.3. The van der Waals surface area contributed by atoms with Crippen LogP contribution >= 0.6 is 15.9 Å². The van der Waals surface area contributed by atoms with E-state index in [1.807, 2.05) is 32.9 Å². The van der Waals surface area contributed by atoms with E-state index in [1.54, 1.807) is 0 Å². The van der Waals surface area contributed by atoms with Gasteiger partial charge in [0, 0.05) is 5.41 Å². The number of rotatable bonds is 2. The standard InChI is InChI=1S/C14H16BrN3O3/c1-14(2,3)13-17-12(18-21-13)10(16)7-4-8(15)11-9(5-7)19-6-20-11/h4-5,10H,6,16H2,1-3H3. The van der Waals surface area contributed by atoms with Gasteiger partial charge in [0.2, 0.25) is 12.7 Å². The number of halogens is 1. The number of hydrogen-bond acceptors (Lipinski definition) is 6. The van der Waals surface area contributed by atoms with Gasteiger partial charge < -0.3 is 19.7 Å². The molecule has 1 atom stereocenters. The van der Waals surface area contributed by atoms with Crippen molar-refractivity contribution in [3.05, 3.63) is 33.9 Å². The molecule has 2 heterocycles. The Bertz CT molecular complexity index is 679. The summed E-state index contributed by atoms with van der Waals surface area (Å²) < 4.78 is 16.8. The van der Waals surface area contributed by atoms with Crippen molar-refractivity contribution < 1.29 is 14.0 Å². The zero-order valence-corrected chi connectivity index (χ0v) is 13.6. The molecule has 1 aromatic heterocycles. The van der Waals surface area contributed by atoms with Gasteiger partial charge in [0.25, 0.3) is 0 Å². The summed E-state index contributed by atoms with van der Waals surface area (Å²) in [5, 5.41) is 3.98. The first-order valence-corrected chi connectivity index (χ1v) is 7.34. The van der Waals surface area contributed by atoms with E-state index < -0.39 is 6.04 Å². The second-order valence-corrected chi connectivity index (χ2v) is 6.78. The summed E-state index contributed by atoms with van der Waals surface area (Å²) in [6, 6.07) is 3.23. The van der Waals surface area contributed by atoms with Crippen LogP contribution in [0.25, 0.3) is 0 Å². The van der Waals surface area contributed by atoms with Gasteiger partial charge >= 0.3 is 0 Å². The van der Waals surface area contributed by atoms with Gasteiger partial charge in [0.05, 0.1) is 10.5 Å². The van der Waals surface area contributed by atoms with Crippen LogP contribution in [0.2, 0.25) is 0 Å². The summed E-state index contributed by atoms with van der Waals surface area (Å²) >= 11 is 3.45. The molecule has 1 unspecified atom stereocenters. The van der Waals surface area contributed by atoms with Crippen LogP contribution in [0.1, 0.15) is 44.1 Å². The summed E-state index contributed by atoms with van der Waals surface area (Å²) in [7, 11) is 0. The number of nitrogens with two attached hydrogens (primary N) is 1. The molecule has 1 aliphatic heterocycles. The molecular weight excluding hydrogens is 338 g/mol. The first-order chi connectivity index (χ1) is 9.86. The molecule has 0 saturated carbocycles. The van der Waals surface area contributed by atoms with Crippen molar-refractivity contribution in [1.82, 2.24) is 10.1 Å². The van der Waals surface area contributed by atoms with Crippen LogP contribution in [0.4, 0.5) is 0 Å². The van der Waals surface area contributed by atoms with Crippen molar-refractivity contribution in [2.45, 2.75) is 32.2 Å². The lowest BCUT2D eigenvalue weighted by Gasteiger charge is -2.11. The average Bonchev–Trinajstić information content (AvgIpc) is 3.05. The third-order valence-electron chi connectivity index (χ3n) is 3.17. The molecule has 0 bridgehead atoms. The highest BCUT2D eigenvalue weighted by atomic mass is 79.9. The molecule has 2 aromatic rings. The van der Waals surface area contributed by atoms with Crippen molar-refractivity contribution in [3.8, 4) is 11.5 Å². The molecule has 0 fully saturated rings. The Morgan fingerprint density at radius 2 is 2.05 bits per heavy atom. The molecule has 0 spiro atoms. The van der Waals surface area contributed by atoms with Crippen molar-refractivity contribution >= 4 is 15.9 Å². The minimum atomic E-state index is -0.490. The number of benzene rings is 1. The van der Waals surface area contributed by atoms with E-state index in [4.69, 9.17) is 19.7 Å². The van der Waals surface area contributed by atoms with Crippen molar-refractivity contribution in [1.29, 1.82) is 0 Å². The summed E-state index contributed by atoms with van der Waals surface area (Å²) in [5.41, 5.74) is 6.85. The molecule has 3 rings (SSSR count). The Balaban J connectivity index is 1.94. The molecule has 112 valence electrons. The number of nitrogens with zero attached hydrogens (tertiary/aromatic N) is 2. The van der Waals surface area contributed by atoms with E-state index in [0.717, 1.165) is 10.0 Å². The lowest BCUT2D eigenvalue weighted by Crippen LogP contribution is -2.15. The van der Waals surface area contributed by atoms with Gasteiger partial charge in [-0.2, -0.15) is 4.98 Å². The minimum Gasteiger partial charge on any atom is -0.454 e. The average molecular weight is 354 g/mol. The summed E-state index contributed by atoms with van der Waals surface area (Å²) in [6.45, 7) is 6.23. The van der Waals surface area contributed by atoms with Gasteiger partial charge in [-0.05, 0) is 33.6 Å². The smallest absolute Gasteiger partial charge is 0.232 e. The van der Waals surface area contributed by atoms with E-state index in [0.29, 0.717) is 23.2 Å². The van der Waals surface area contributed by atoms with Crippen LogP contribution < -0.4 is 15.2 Å². The maximum atomic E-state index is 6.23. The van der Waals surface area contributed by atoms with Crippen molar-refractivity contribution in [3.63, 3.8) is 0 Å². The maximum Gasteiger partial charge on any atom is 0.232 e. The third kappa shape index (κ3) is 2.63. The monoisotopic (exact) mass is 353 g/mol. The van der Waals surface area contributed by atoms with E-state index in [2.05, 4.69) is 26.1 Å². The number of aromatic nitrogens is 2. The third-order valence-corrected chi connectivity index (χ3v) is 3.76.